The van der Waals surface area contributed by atoms with Gasteiger partial charge in [-0.05, 0) is 26.0 Å². The van der Waals surface area contributed by atoms with E-state index in [9.17, 15) is 18.0 Å². The zero-order chi connectivity index (χ0) is 15.4. The molecule has 1 amide bonds. The van der Waals surface area contributed by atoms with Crippen molar-refractivity contribution < 1.29 is 18.0 Å². The monoisotopic (exact) mass is 306 g/mol. The van der Waals surface area contributed by atoms with Crippen LogP contribution in [0, 0.1) is 0 Å². The first-order chi connectivity index (χ1) is 9.07. The standard InChI is InChI=1S/C13H17F3N2OS/c1-12(2,17)7-11(19)18-9-5-3-4-6-10(9)20-8-13(14,15)16/h3-6H,7-8,17H2,1-2H3,(H,18,19). The largest absolute Gasteiger partial charge is 0.398 e. The highest BCUT2D eigenvalue weighted by Crippen LogP contribution is 2.32. The van der Waals surface area contributed by atoms with Gasteiger partial charge in [0, 0.05) is 16.9 Å². The number of anilines is 1. The van der Waals surface area contributed by atoms with Crippen LogP contribution in [0.1, 0.15) is 20.3 Å². The molecule has 1 aromatic rings. The van der Waals surface area contributed by atoms with E-state index in [0.717, 1.165) is 0 Å². The van der Waals surface area contributed by atoms with Gasteiger partial charge in [0.2, 0.25) is 5.91 Å². The minimum Gasteiger partial charge on any atom is -0.325 e. The van der Waals surface area contributed by atoms with Crippen LogP contribution in [0.5, 0.6) is 0 Å². The normalized spacial score (nSPS) is 12.3. The third kappa shape index (κ3) is 6.81. The van der Waals surface area contributed by atoms with Gasteiger partial charge >= 0.3 is 6.18 Å². The Morgan fingerprint density at radius 3 is 2.45 bits per heavy atom. The molecule has 0 fully saturated rings. The molecule has 112 valence electrons. The van der Waals surface area contributed by atoms with Gasteiger partial charge in [-0.25, -0.2) is 0 Å². The molecule has 0 aromatic heterocycles. The van der Waals surface area contributed by atoms with E-state index in [2.05, 4.69) is 5.32 Å². The van der Waals surface area contributed by atoms with Crippen LogP contribution >= 0.6 is 11.8 Å². The predicted molar refractivity (Wildman–Crippen MR) is 74.7 cm³/mol. The summed E-state index contributed by atoms with van der Waals surface area (Å²) in [4.78, 5) is 12.1. The van der Waals surface area contributed by atoms with Gasteiger partial charge in [-0.1, -0.05) is 12.1 Å². The minimum absolute atomic E-state index is 0.0886. The smallest absolute Gasteiger partial charge is 0.325 e. The highest BCUT2D eigenvalue weighted by atomic mass is 32.2. The molecule has 0 bridgehead atoms. The first-order valence-electron chi connectivity index (χ1n) is 5.94. The number of nitrogens with one attached hydrogen (secondary N) is 1. The molecular weight excluding hydrogens is 289 g/mol. The molecule has 0 aliphatic heterocycles. The predicted octanol–water partition coefficient (Wildman–Crippen LogP) is 3.41. The number of hydrogen-bond donors (Lipinski definition) is 2. The van der Waals surface area contributed by atoms with Crippen LogP contribution in [0.15, 0.2) is 29.2 Å². The molecule has 0 unspecified atom stereocenters. The van der Waals surface area contributed by atoms with Gasteiger partial charge in [-0.3, -0.25) is 4.79 Å². The summed E-state index contributed by atoms with van der Waals surface area (Å²) < 4.78 is 36.7. The van der Waals surface area contributed by atoms with Crippen molar-refractivity contribution in [1.82, 2.24) is 0 Å². The summed E-state index contributed by atoms with van der Waals surface area (Å²) in [7, 11) is 0. The quantitative estimate of drug-likeness (QED) is 0.820. The van der Waals surface area contributed by atoms with E-state index < -0.39 is 17.5 Å². The molecule has 3 N–H and O–H groups in total. The van der Waals surface area contributed by atoms with E-state index in [-0.39, 0.29) is 12.3 Å². The topological polar surface area (TPSA) is 55.1 Å². The summed E-state index contributed by atoms with van der Waals surface area (Å²) in [6, 6.07) is 6.39. The van der Waals surface area contributed by atoms with E-state index in [0.29, 0.717) is 22.3 Å². The third-order valence-corrected chi connectivity index (χ3v) is 3.31. The average Bonchev–Trinajstić information content (AvgIpc) is 2.24. The zero-order valence-corrected chi connectivity index (χ0v) is 12.1. The van der Waals surface area contributed by atoms with E-state index in [1.165, 1.54) is 0 Å². The Kier molecular flexibility index (Phi) is 5.47. The van der Waals surface area contributed by atoms with Crippen LogP contribution in [-0.2, 0) is 4.79 Å². The van der Waals surface area contributed by atoms with Crippen LogP contribution in [-0.4, -0.2) is 23.4 Å². The highest BCUT2D eigenvalue weighted by molar-refractivity contribution is 7.99. The number of carbonyl (C=O) groups excluding carboxylic acids is 1. The summed E-state index contributed by atoms with van der Waals surface area (Å²) in [5.74, 6) is -1.32. The molecular formula is C13H17F3N2OS. The highest BCUT2D eigenvalue weighted by Gasteiger charge is 2.27. The molecule has 20 heavy (non-hydrogen) atoms. The molecule has 0 heterocycles. The molecule has 0 aliphatic rings. The van der Waals surface area contributed by atoms with Crippen LogP contribution < -0.4 is 11.1 Å². The van der Waals surface area contributed by atoms with Gasteiger partial charge in [0.15, 0.2) is 0 Å². The van der Waals surface area contributed by atoms with Crippen LogP contribution in [0.4, 0.5) is 18.9 Å². The number of amides is 1. The number of thioether (sulfide) groups is 1. The van der Waals surface area contributed by atoms with Crippen LogP contribution in [0.25, 0.3) is 0 Å². The summed E-state index contributed by atoms with van der Waals surface area (Å²) in [5.41, 5.74) is 5.43. The maximum absolute atomic E-state index is 12.2. The molecule has 1 aromatic carbocycles. The Balaban J connectivity index is 2.73. The van der Waals surface area contributed by atoms with Crippen molar-refractivity contribution in [2.75, 3.05) is 11.1 Å². The van der Waals surface area contributed by atoms with E-state index in [1.807, 2.05) is 0 Å². The summed E-state index contributed by atoms with van der Waals surface area (Å²) >= 11 is 0.643. The third-order valence-electron chi connectivity index (χ3n) is 2.17. The molecule has 0 saturated heterocycles. The molecule has 7 heteroatoms. The van der Waals surface area contributed by atoms with Crippen molar-refractivity contribution in [3.05, 3.63) is 24.3 Å². The summed E-state index contributed by atoms with van der Waals surface area (Å²) in [5, 5.41) is 2.60. The number of halogens is 3. The Morgan fingerprint density at radius 1 is 1.30 bits per heavy atom. The number of nitrogens with two attached hydrogens (primary N) is 1. The van der Waals surface area contributed by atoms with E-state index in [1.54, 1.807) is 38.1 Å². The number of benzene rings is 1. The second kappa shape index (κ2) is 6.49. The van der Waals surface area contributed by atoms with Crippen molar-refractivity contribution >= 4 is 23.4 Å². The molecule has 1 rings (SSSR count). The molecule has 3 nitrogen and oxygen atoms in total. The Labute approximate surface area is 120 Å². The number of carbonyl (C=O) groups is 1. The maximum atomic E-state index is 12.2. The first kappa shape index (κ1) is 16.8. The average molecular weight is 306 g/mol. The zero-order valence-electron chi connectivity index (χ0n) is 11.3. The van der Waals surface area contributed by atoms with Gasteiger partial charge in [-0.15, -0.1) is 11.8 Å². The number of rotatable bonds is 5. The van der Waals surface area contributed by atoms with Gasteiger partial charge in [0.25, 0.3) is 0 Å². The summed E-state index contributed by atoms with van der Waals surface area (Å²) in [6.07, 6.45) is -4.16. The van der Waals surface area contributed by atoms with Gasteiger partial charge in [-0.2, -0.15) is 13.2 Å². The van der Waals surface area contributed by atoms with Crippen molar-refractivity contribution in [2.45, 2.75) is 36.9 Å². The lowest BCUT2D eigenvalue weighted by Crippen LogP contribution is -2.36. The fraction of sp³-hybridized carbons (Fsp3) is 0.462. The maximum Gasteiger partial charge on any atom is 0.398 e. The fourth-order valence-electron chi connectivity index (χ4n) is 1.46. The summed E-state index contributed by atoms with van der Waals surface area (Å²) in [6.45, 7) is 3.41. The molecule has 0 saturated carbocycles. The van der Waals surface area contributed by atoms with Gasteiger partial charge in [0.05, 0.1) is 11.4 Å². The first-order valence-corrected chi connectivity index (χ1v) is 6.93. The van der Waals surface area contributed by atoms with Gasteiger partial charge < -0.3 is 11.1 Å². The molecule has 0 radical (unpaired) electrons. The SMILES string of the molecule is CC(C)(N)CC(=O)Nc1ccccc1SCC(F)(F)F. The van der Waals surface area contributed by atoms with E-state index in [4.69, 9.17) is 5.73 Å². The Hall–Kier alpha value is -1.21. The number of hydrogen-bond acceptors (Lipinski definition) is 3. The lowest BCUT2D eigenvalue weighted by atomic mass is 10.0. The second-order valence-corrected chi connectivity index (χ2v) is 6.13. The second-order valence-electron chi connectivity index (χ2n) is 5.11. The van der Waals surface area contributed by atoms with Gasteiger partial charge in [0.1, 0.15) is 0 Å². The van der Waals surface area contributed by atoms with Crippen LogP contribution in [0.2, 0.25) is 0 Å². The van der Waals surface area contributed by atoms with Crippen molar-refractivity contribution in [3.63, 3.8) is 0 Å². The number of para-hydroxylation sites is 1. The van der Waals surface area contributed by atoms with E-state index >= 15 is 0 Å². The fourth-order valence-corrected chi connectivity index (χ4v) is 2.23. The van der Waals surface area contributed by atoms with Crippen LogP contribution in [0.3, 0.4) is 0 Å². The lowest BCUT2D eigenvalue weighted by Gasteiger charge is -2.18. The molecule has 0 spiro atoms. The Bertz CT molecular complexity index is 469. The van der Waals surface area contributed by atoms with Crippen molar-refractivity contribution in [1.29, 1.82) is 0 Å². The van der Waals surface area contributed by atoms with Crippen molar-refractivity contribution in [2.24, 2.45) is 5.73 Å². The minimum atomic E-state index is -4.25. The van der Waals surface area contributed by atoms with Crippen molar-refractivity contribution in [3.8, 4) is 0 Å². The lowest BCUT2D eigenvalue weighted by molar-refractivity contribution is -0.117. The molecule has 0 atom stereocenters. The number of alkyl halides is 3. The Morgan fingerprint density at radius 2 is 1.90 bits per heavy atom. The molecule has 0 aliphatic carbocycles.